The summed E-state index contributed by atoms with van der Waals surface area (Å²) >= 11 is 0. The van der Waals surface area contributed by atoms with Crippen molar-refractivity contribution in [1.29, 1.82) is 0 Å². The van der Waals surface area contributed by atoms with Crippen LogP contribution in [0.15, 0.2) is 47.4 Å². The number of aliphatic carboxylic acids is 1. The summed E-state index contributed by atoms with van der Waals surface area (Å²) < 4.78 is 85.4. The number of anilines is 1. The normalized spacial score (nSPS) is 15.7. The Kier molecular flexibility index (Phi) is 6.41. The Balaban J connectivity index is 1.85. The predicted octanol–water partition coefficient (Wildman–Crippen LogP) is 2.82. The molecule has 0 spiro atoms. The van der Waals surface area contributed by atoms with Gasteiger partial charge in [-0.15, -0.1) is 0 Å². The van der Waals surface area contributed by atoms with Crippen molar-refractivity contribution in [2.75, 3.05) is 37.7 Å². The first kappa shape index (κ1) is 22.8. The Labute approximate surface area is 175 Å². The largest absolute Gasteiger partial charge is 0.480 e. The molecule has 1 saturated heterocycles. The molecule has 12 heteroatoms. The lowest BCUT2D eigenvalue weighted by Gasteiger charge is -2.37. The SMILES string of the molecule is O=C(O)COc1cccc(C(F)(F)F)c1N1CCN(S(=O)(=O)c2ccc(F)cc2)CC1. The number of sulfonamides is 1. The zero-order chi connectivity index (χ0) is 22.8. The van der Waals surface area contributed by atoms with Gasteiger partial charge in [-0.25, -0.2) is 17.6 Å². The van der Waals surface area contributed by atoms with Crippen LogP contribution in [0.25, 0.3) is 0 Å². The number of carboxylic acid groups (broad SMARTS) is 1. The van der Waals surface area contributed by atoms with E-state index in [0.717, 1.165) is 40.7 Å². The number of nitrogens with zero attached hydrogens (tertiary/aromatic N) is 2. The third kappa shape index (κ3) is 5.07. The van der Waals surface area contributed by atoms with Crippen LogP contribution in [0.3, 0.4) is 0 Å². The van der Waals surface area contributed by atoms with Crippen LogP contribution in [0.2, 0.25) is 0 Å². The van der Waals surface area contributed by atoms with E-state index in [1.54, 1.807) is 0 Å². The minimum Gasteiger partial charge on any atom is -0.480 e. The average Bonchev–Trinajstić information content (AvgIpc) is 2.71. The molecule has 0 radical (unpaired) electrons. The lowest BCUT2D eigenvalue weighted by atomic mass is 10.1. The van der Waals surface area contributed by atoms with Gasteiger partial charge in [-0.3, -0.25) is 0 Å². The highest BCUT2D eigenvalue weighted by molar-refractivity contribution is 7.89. The second-order valence-electron chi connectivity index (χ2n) is 6.68. The molecule has 0 aromatic heterocycles. The van der Waals surface area contributed by atoms with Gasteiger partial charge in [0, 0.05) is 26.2 Å². The quantitative estimate of drug-likeness (QED) is 0.665. The molecule has 1 heterocycles. The lowest BCUT2D eigenvalue weighted by Crippen LogP contribution is -2.49. The van der Waals surface area contributed by atoms with Gasteiger partial charge in [-0.1, -0.05) is 6.07 Å². The number of ether oxygens (including phenoxy) is 1. The molecule has 0 bridgehead atoms. The number of rotatable bonds is 6. The average molecular weight is 462 g/mol. The van der Waals surface area contributed by atoms with E-state index in [1.165, 1.54) is 11.0 Å². The monoisotopic (exact) mass is 462 g/mol. The van der Waals surface area contributed by atoms with Gasteiger partial charge in [0.05, 0.1) is 16.1 Å². The second kappa shape index (κ2) is 8.71. The van der Waals surface area contributed by atoms with E-state index in [1.807, 2.05) is 0 Å². The van der Waals surface area contributed by atoms with Gasteiger partial charge >= 0.3 is 12.1 Å². The third-order valence-electron chi connectivity index (χ3n) is 4.66. The maximum Gasteiger partial charge on any atom is 0.418 e. The Morgan fingerprint density at radius 3 is 2.19 bits per heavy atom. The van der Waals surface area contributed by atoms with Gasteiger partial charge in [0.15, 0.2) is 6.61 Å². The standard InChI is InChI=1S/C19H18F4N2O5S/c20-13-4-6-14(7-5-13)31(28,29)25-10-8-24(9-11-25)18-15(19(21,22)23)2-1-3-16(18)30-12-17(26)27/h1-7H,8-12H2,(H,26,27). The topological polar surface area (TPSA) is 87.2 Å². The van der Waals surface area contributed by atoms with Crippen molar-refractivity contribution < 1.29 is 40.6 Å². The molecule has 0 unspecified atom stereocenters. The fourth-order valence-corrected chi connectivity index (χ4v) is 4.66. The fourth-order valence-electron chi connectivity index (χ4n) is 3.24. The molecule has 168 valence electrons. The maximum absolute atomic E-state index is 13.6. The first-order valence-corrected chi connectivity index (χ1v) is 10.5. The first-order valence-electron chi connectivity index (χ1n) is 9.05. The van der Waals surface area contributed by atoms with Crippen molar-refractivity contribution in [3.05, 3.63) is 53.8 Å². The molecule has 0 saturated carbocycles. The van der Waals surface area contributed by atoms with Crippen molar-refractivity contribution in [3.8, 4) is 5.75 Å². The van der Waals surface area contributed by atoms with Gasteiger partial charge in [0.2, 0.25) is 10.0 Å². The minimum absolute atomic E-state index is 0.0864. The summed E-state index contributed by atoms with van der Waals surface area (Å²) in [6.45, 7) is -1.24. The number of para-hydroxylation sites is 1. The summed E-state index contributed by atoms with van der Waals surface area (Å²) in [6, 6.07) is 7.45. The van der Waals surface area contributed by atoms with E-state index in [4.69, 9.17) is 9.84 Å². The molecular weight excluding hydrogens is 444 g/mol. The van der Waals surface area contributed by atoms with Crippen molar-refractivity contribution >= 4 is 21.7 Å². The number of benzene rings is 2. The van der Waals surface area contributed by atoms with E-state index in [9.17, 15) is 30.8 Å². The van der Waals surface area contributed by atoms with E-state index in [2.05, 4.69) is 0 Å². The number of carbonyl (C=O) groups is 1. The van der Waals surface area contributed by atoms with Gasteiger partial charge < -0.3 is 14.7 Å². The van der Waals surface area contributed by atoms with Crippen LogP contribution >= 0.6 is 0 Å². The molecule has 1 fully saturated rings. The van der Waals surface area contributed by atoms with Gasteiger partial charge in [-0.05, 0) is 36.4 Å². The van der Waals surface area contributed by atoms with E-state index >= 15 is 0 Å². The van der Waals surface area contributed by atoms with Gasteiger partial charge in [0.25, 0.3) is 0 Å². The Morgan fingerprint density at radius 2 is 1.65 bits per heavy atom. The number of hydrogen-bond acceptors (Lipinski definition) is 5. The summed E-state index contributed by atoms with van der Waals surface area (Å²) in [4.78, 5) is 12.0. The lowest BCUT2D eigenvalue weighted by molar-refractivity contribution is -0.139. The minimum atomic E-state index is -4.73. The summed E-state index contributed by atoms with van der Waals surface area (Å²) in [7, 11) is -3.95. The zero-order valence-electron chi connectivity index (χ0n) is 16.0. The molecule has 0 aliphatic carbocycles. The fraction of sp³-hybridized carbons (Fsp3) is 0.316. The zero-order valence-corrected chi connectivity index (χ0v) is 16.8. The molecule has 31 heavy (non-hydrogen) atoms. The van der Waals surface area contributed by atoms with Crippen molar-refractivity contribution in [3.63, 3.8) is 0 Å². The third-order valence-corrected chi connectivity index (χ3v) is 6.57. The van der Waals surface area contributed by atoms with E-state index in [0.29, 0.717) is 0 Å². The Bertz CT molecular complexity index is 1050. The molecule has 0 amide bonds. The molecule has 1 aliphatic rings. The van der Waals surface area contributed by atoms with Crippen LogP contribution in [0.4, 0.5) is 23.2 Å². The molecule has 0 atom stereocenters. The van der Waals surface area contributed by atoms with Crippen molar-refractivity contribution in [2.24, 2.45) is 0 Å². The number of halogens is 4. The van der Waals surface area contributed by atoms with Crippen LogP contribution in [0, 0.1) is 5.82 Å². The molecule has 2 aromatic rings. The molecule has 1 aliphatic heterocycles. The number of piperazine rings is 1. The Hall–Kier alpha value is -2.86. The molecule has 2 aromatic carbocycles. The predicted molar refractivity (Wildman–Crippen MR) is 102 cm³/mol. The van der Waals surface area contributed by atoms with Gasteiger partial charge in [-0.2, -0.15) is 17.5 Å². The first-order chi connectivity index (χ1) is 14.5. The number of alkyl halides is 3. The summed E-state index contributed by atoms with van der Waals surface area (Å²) in [5.74, 6) is -2.20. The highest BCUT2D eigenvalue weighted by atomic mass is 32.2. The second-order valence-corrected chi connectivity index (χ2v) is 8.62. The summed E-state index contributed by atoms with van der Waals surface area (Å²) in [6.07, 6.45) is -4.73. The summed E-state index contributed by atoms with van der Waals surface area (Å²) in [5.41, 5.74) is -1.35. The van der Waals surface area contributed by atoms with Crippen molar-refractivity contribution in [1.82, 2.24) is 4.31 Å². The van der Waals surface area contributed by atoms with Gasteiger partial charge in [0.1, 0.15) is 11.6 Å². The van der Waals surface area contributed by atoms with Crippen molar-refractivity contribution in [2.45, 2.75) is 11.1 Å². The van der Waals surface area contributed by atoms with Crippen LogP contribution in [0.5, 0.6) is 5.75 Å². The van der Waals surface area contributed by atoms with E-state index in [-0.39, 0.29) is 42.5 Å². The smallest absolute Gasteiger partial charge is 0.418 e. The summed E-state index contributed by atoms with van der Waals surface area (Å²) in [5, 5.41) is 8.80. The molecule has 7 nitrogen and oxygen atoms in total. The molecule has 3 rings (SSSR count). The van der Waals surface area contributed by atoms with Crippen LogP contribution < -0.4 is 9.64 Å². The van der Waals surface area contributed by atoms with Crippen LogP contribution in [0.1, 0.15) is 5.56 Å². The Morgan fingerprint density at radius 1 is 1.03 bits per heavy atom. The number of hydrogen-bond donors (Lipinski definition) is 1. The van der Waals surface area contributed by atoms with E-state index < -0.39 is 40.2 Å². The molecule has 1 N–H and O–H groups in total. The number of carboxylic acids is 1. The highest BCUT2D eigenvalue weighted by Crippen LogP contribution is 2.42. The maximum atomic E-state index is 13.6. The van der Waals surface area contributed by atoms with Crippen LogP contribution in [-0.4, -0.2) is 56.6 Å². The molecular formula is C19H18F4N2O5S. The van der Waals surface area contributed by atoms with Crippen LogP contribution in [-0.2, 0) is 21.0 Å². The highest BCUT2D eigenvalue weighted by Gasteiger charge is 2.38.